The molecule has 0 aromatic rings. The highest BCUT2D eigenvalue weighted by Crippen LogP contribution is 2.29. The molecule has 2 fully saturated rings. The monoisotopic (exact) mass is 182 g/mol. The number of hydrogen-bond acceptors (Lipinski definition) is 2. The zero-order valence-corrected chi connectivity index (χ0v) is 8.97. The summed E-state index contributed by atoms with van der Waals surface area (Å²) in [6, 6.07) is 0.807. The predicted molar refractivity (Wildman–Crippen MR) is 55.9 cm³/mol. The number of nitrogens with one attached hydrogen (secondary N) is 1. The normalized spacial score (nSPS) is 34.2. The lowest BCUT2D eigenvalue weighted by Gasteiger charge is -2.40. The van der Waals surface area contributed by atoms with Gasteiger partial charge in [-0.1, -0.05) is 13.8 Å². The molecular formula is C11H22N2. The van der Waals surface area contributed by atoms with Crippen molar-refractivity contribution in [2.45, 2.75) is 39.2 Å². The first-order valence-corrected chi connectivity index (χ1v) is 5.61. The third-order valence-electron chi connectivity index (χ3n) is 3.61. The van der Waals surface area contributed by atoms with Gasteiger partial charge in [0.15, 0.2) is 0 Å². The van der Waals surface area contributed by atoms with E-state index in [0.29, 0.717) is 5.41 Å². The molecule has 1 N–H and O–H groups in total. The van der Waals surface area contributed by atoms with Gasteiger partial charge in [0, 0.05) is 12.6 Å². The zero-order chi connectivity index (χ0) is 9.31. The minimum absolute atomic E-state index is 0.601. The van der Waals surface area contributed by atoms with Crippen molar-refractivity contribution in [2.24, 2.45) is 5.41 Å². The summed E-state index contributed by atoms with van der Waals surface area (Å²) in [4.78, 5) is 2.63. The quantitative estimate of drug-likeness (QED) is 0.695. The molecular weight excluding hydrogens is 160 g/mol. The SMILES string of the molecule is CC1(C)CCN(CC2CCN2)CC1. The molecule has 0 radical (unpaired) electrons. The Morgan fingerprint density at radius 3 is 2.38 bits per heavy atom. The molecule has 2 saturated heterocycles. The standard InChI is InChI=1S/C11H22N2/c1-11(2)4-7-13(8-5-11)9-10-3-6-12-10/h10,12H,3-9H2,1-2H3. The summed E-state index contributed by atoms with van der Waals surface area (Å²) in [5.41, 5.74) is 0.601. The van der Waals surface area contributed by atoms with Crippen molar-refractivity contribution < 1.29 is 0 Å². The molecule has 0 bridgehead atoms. The van der Waals surface area contributed by atoms with Crippen LogP contribution in [0, 0.1) is 5.41 Å². The van der Waals surface area contributed by atoms with Gasteiger partial charge in [-0.05, 0) is 44.3 Å². The van der Waals surface area contributed by atoms with Crippen LogP contribution in [0.1, 0.15) is 33.1 Å². The first-order chi connectivity index (χ1) is 6.16. The Morgan fingerprint density at radius 2 is 1.92 bits per heavy atom. The predicted octanol–water partition coefficient (Wildman–Crippen LogP) is 1.47. The maximum atomic E-state index is 3.47. The molecule has 1 unspecified atom stereocenters. The number of piperidine rings is 1. The Labute approximate surface area is 81.7 Å². The van der Waals surface area contributed by atoms with Crippen molar-refractivity contribution in [2.75, 3.05) is 26.2 Å². The molecule has 0 aliphatic carbocycles. The second-order valence-corrected chi connectivity index (χ2v) is 5.40. The van der Waals surface area contributed by atoms with E-state index in [-0.39, 0.29) is 0 Å². The maximum Gasteiger partial charge on any atom is 0.0207 e. The highest BCUT2D eigenvalue weighted by molar-refractivity contribution is 4.84. The Bertz CT molecular complexity index is 163. The fourth-order valence-electron chi connectivity index (χ4n) is 2.16. The average Bonchev–Trinajstić information content (AvgIpc) is 1.99. The van der Waals surface area contributed by atoms with Crippen molar-refractivity contribution in [3.05, 3.63) is 0 Å². The Hall–Kier alpha value is -0.0800. The van der Waals surface area contributed by atoms with E-state index in [2.05, 4.69) is 24.1 Å². The first-order valence-electron chi connectivity index (χ1n) is 5.61. The summed E-state index contributed by atoms with van der Waals surface area (Å²) in [5, 5.41) is 3.47. The number of nitrogens with zero attached hydrogens (tertiary/aromatic N) is 1. The molecule has 13 heavy (non-hydrogen) atoms. The van der Waals surface area contributed by atoms with Crippen LogP contribution in [0.5, 0.6) is 0 Å². The van der Waals surface area contributed by atoms with Crippen LogP contribution in [0.3, 0.4) is 0 Å². The lowest BCUT2D eigenvalue weighted by Crippen LogP contribution is -2.52. The third-order valence-corrected chi connectivity index (χ3v) is 3.61. The van der Waals surface area contributed by atoms with Crippen LogP contribution in [0.15, 0.2) is 0 Å². The Balaban J connectivity index is 1.71. The van der Waals surface area contributed by atoms with Gasteiger partial charge in [-0.3, -0.25) is 0 Å². The van der Waals surface area contributed by atoms with Gasteiger partial charge < -0.3 is 10.2 Å². The number of hydrogen-bond donors (Lipinski definition) is 1. The molecule has 2 aliphatic rings. The van der Waals surface area contributed by atoms with E-state index < -0.39 is 0 Å². The van der Waals surface area contributed by atoms with Gasteiger partial charge in [0.2, 0.25) is 0 Å². The second kappa shape index (κ2) is 3.58. The van der Waals surface area contributed by atoms with Crippen LogP contribution < -0.4 is 5.32 Å². The molecule has 0 amide bonds. The molecule has 2 aliphatic heterocycles. The van der Waals surface area contributed by atoms with E-state index in [1.54, 1.807) is 0 Å². The van der Waals surface area contributed by atoms with Crippen LogP contribution in [0.2, 0.25) is 0 Å². The van der Waals surface area contributed by atoms with Crippen molar-refractivity contribution in [3.63, 3.8) is 0 Å². The summed E-state index contributed by atoms with van der Waals surface area (Å²) in [6.07, 6.45) is 4.14. The molecule has 0 aromatic heterocycles. The lowest BCUT2D eigenvalue weighted by atomic mass is 9.82. The molecule has 76 valence electrons. The Kier molecular flexibility index (Phi) is 2.61. The molecule has 2 rings (SSSR count). The molecule has 0 aromatic carbocycles. The zero-order valence-electron chi connectivity index (χ0n) is 8.97. The van der Waals surface area contributed by atoms with Crippen LogP contribution in [0.4, 0.5) is 0 Å². The van der Waals surface area contributed by atoms with Crippen molar-refractivity contribution in [3.8, 4) is 0 Å². The molecule has 2 nitrogen and oxygen atoms in total. The minimum Gasteiger partial charge on any atom is -0.313 e. The van der Waals surface area contributed by atoms with Crippen molar-refractivity contribution >= 4 is 0 Å². The van der Waals surface area contributed by atoms with Crippen LogP contribution >= 0.6 is 0 Å². The second-order valence-electron chi connectivity index (χ2n) is 5.40. The topological polar surface area (TPSA) is 15.3 Å². The van der Waals surface area contributed by atoms with Crippen LogP contribution in [0.25, 0.3) is 0 Å². The average molecular weight is 182 g/mol. The van der Waals surface area contributed by atoms with Gasteiger partial charge in [0.05, 0.1) is 0 Å². The molecule has 1 atom stereocenters. The summed E-state index contributed by atoms with van der Waals surface area (Å²) < 4.78 is 0. The van der Waals surface area contributed by atoms with Gasteiger partial charge >= 0.3 is 0 Å². The van der Waals surface area contributed by atoms with E-state index in [0.717, 1.165) is 6.04 Å². The van der Waals surface area contributed by atoms with Gasteiger partial charge in [0.1, 0.15) is 0 Å². The minimum atomic E-state index is 0.601. The van der Waals surface area contributed by atoms with E-state index in [1.807, 2.05) is 0 Å². The summed E-state index contributed by atoms with van der Waals surface area (Å²) in [7, 11) is 0. The van der Waals surface area contributed by atoms with Gasteiger partial charge in [-0.2, -0.15) is 0 Å². The molecule has 0 spiro atoms. The summed E-state index contributed by atoms with van der Waals surface area (Å²) in [6.45, 7) is 9.94. The highest BCUT2D eigenvalue weighted by Gasteiger charge is 2.27. The van der Waals surface area contributed by atoms with E-state index in [1.165, 1.54) is 45.4 Å². The van der Waals surface area contributed by atoms with Gasteiger partial charge in [-0.15, -0.1) is 0 Å². The Morgan fingerprint density at radius 1 is 1.31 bits per heavy atom. The maximum absolute atomic E-state index is 3.47. The molecule has 2 heterocycles. The summed E-state index contributed by atoms with van der Waals surface area (Å²) >= 11 is 0. The van der Waals surface area contributed by atoms with Crippen LogP contribution in [-0.4, -0.2) is 37.1 Å². The number of rotatable bonds is 2. The third kappa shape index (κ3) is 2.44. The van der Waals surface area contributed by atoms with Gasteiger partial charge in [0.25, 0.3) is 0 Å². The first kappa shape index (κ1) is 9.47. The fourth-order valence-corrected chi connectivity index (χ4v) is 2.16. The highest BCUT2D eigenvalue weighted by atomic mass is 15.2. The van der Waals surface area contributed by atoms with E-state index >= 15 is 0 Å². The van der Waals surface area contributed by atoms with E-state index in [9.17, 15) is 0 Å². The van der Waals surface area contributed by atoms with Crippen molar-refractivity contribution in [1.82, 2.24) is 10.2 Å². The number of likely N-dealkylation sites (tertiary alicyclic amines) is 1. The van der Waals surface area contributed by atoms with E-state index in [4.69, 9.17) is 0 Å². The van der Waals surface area contributed by atoms with Gasteiger partial charge in [-0.25, -0.2) is 0 Å². The summed E-state index contributed by atoms with van der Waals surface area (Å²) in [5.74, 6) is 0. The largest absolute Gasteiger partial charge is 0.313 e. The molecule has 2 heteroatoms. The van der Waals surface area contributed by atoms with Crippen LogP contribution in [-0.2, 0) is 0 Å². The fraction of sp³-hybridized carbons (Fsp3) is 1.00. The lowest BCUT2D eigenvalue weighted by molar-refractivity contribution is 0.112. The van der Waals surface area contributed by atoms with Crippen molar-refractivity contribution in [1.29, 1.82) is 0 Å². The smallest absolute Gasteiger partial charge is 0.0207 e. The molecule has 0 saturated carbocycles.